The summed E-state index contributed by atoms with van der Waals surface area (Å²) in [5.74, 6) is 1.31. The van der Waals surface area contributed by atoms with Gasteiger partial charge in [-0.1, -0.05) is 46.6 Å². The van der Waals surface area contributed by atoms with E-state index in [1.165, 1.54) is 25.0 Å². The Bertz CT molecular complexity index is 1150. The summed E-state index contributed by atoms with van der Waals surface area (Å²) in [6.45, 7) is 8.67. The molecular weight excluding hydrogens is 415 g/mol. The van der Waals surface area contributed by atoms with Gasteiger partial charge in [-0.15, -0.1) is 0 Å². The van der Waals surface area contributed by atoms with Gasteiger partial charge in [0.1, 0.15) is 11.3 Å². The van der Waals surface area contributed by atoms with E-state index in [-0.39, 0.29) is 11.9 Å². The zero-order chi connectivity index (χ0) is 23.8. The van der Waals surface area contributed by atoms with Crippen molar-refractivity contribution in [3.8, 4) is 11.1 Å². The predicted molar refractivity (Wildman–Crippen MR) is 135 cm³/mol. The van der Waals surface area contributed by atoms with E-state index < -0.39 is 0 Å². The number of H-pyrrole nitrogens is 1. The van der Waals surface area contributed by atoms with Gasteiger partial charge in [0.25, 0.3) is 0 Å². The van der Waals surface area contributed by atoms with Crippen LogP contribution in [0.1, 0.15) is 72.1 Å². The fraction of sp³-hybridized carbons (Fsp3) is 0.464. The second-order valence-corrected chi connectivity index (χ2v) is 8.97. The zero-order valence-corrected chi connectivity index (χ0v) is 20.3. The van der Waals surface area contributed by atoms with Gasteiger partial charge in [0, 0.05) is 29.1 Å². The van der Waals surface area contributed by atoms with Crippen LogP contribution in [0.3, 0.4) is 0 Å². The summed E-state index contributed by atoms with van der Waals surface area (Å²) in [5.41, 5.74) is 4.52. The van der Waals surface area contributed by atoms with Crippen LogP contribution in [0.4, 0.5) is 4.39 Å². The first-order valence-corrected chi connectivity index (χ1v) is 12.3. The minimum atomic E-state index is -0.240. The Labute approximate surface area is 196 Å². The van der Waals surface area contributed by atoms with E-state index in [4.69, 9.17) is 4.42 Å². The van der Waals surface area contributed by atoms with Crippen molar-refractivity contribution in [1.29, 1.82) is 0 Å². The van der Waals surface area contributed by atoms with Crippen molar-refractivity contribution in [2.75, 3.05) is 0 Å². The number of hydrogen-bond acceptors (Lipinski definition) is 3. The minimum absolute atomic E-state index is 0.0472. The fourth-order valence-corrected chi connectivity index (χ4v) is 3.96. The van der Waals surface area contributed by atoms with Crippen molar-refractivity contribution in [3.63, 3.8) is 0 Å². The molecule has 2 unspecified atom stereocenters. The van der Waals surface area contributed by atoms with Gasteiger partial charge in [0.15, 0.2) is 11.5 Å². The number of nitrogens with one attached hydrogen (secondary N) is 1. The quantitative estimate of drug-likeness (QED) is 0.270. The highest BCUT2D eigenvalue weighted by atomic mass is 19.1. The van der Waals surface area contributed by atoms with Crippen LogP contribution in [0.5, 0.6) is 0 Å². The van der Waals surface area contributed by atoms with Crippen molar-refractivity contribution in [1.82, 2.24) is 9.97 Å². The predicted octanol–water partition coefficient (Wildman–Crippen LogP) is 8.04. The summed E-state index contributed by atoms with van der Waals surface area (Å²) < 4.78 is 19.1. The number of fused-ring (bicyclic) bond motifs is 2. The maximum absolute atomic E-state index is 13.3. The number of hydrogen-bond donors (Lipinski definition) is 2. The largest absolute Gasteiger partial charge is 0.441 e. The number of aryl methyl sites for hydroxylation is 1. The van der Waals surface area contributed by atoms with Gasteiger partial charge in [-0.3, -0.25) is 0 Å². The molecule has 2 atom stereocenters. The summed E-state index contributed by atoms with van der Waals surface area (Å²) in [7, 11) is 0. The van der Waals surface area contributed by atoms with Crippen LogP contribution in [-0.4, -0.2) is 21.2 Å². The average Bonchev–Trinajstić information content (AvgIpc) is 3.40. The van der Waals surface area contributed by atoms with E-state index in [1.807, 2.05) is 24.4 Å². The molecule has 4 aromatic rings. The molecule has 4 rings (SSSR count). The molecule has 2 N–H and O–H groups in total. The molecule has 2 aromatic heterocycles. The highest BCUT2D eigenvalue weighted by Gasteiger charge is 2.10. The lowest BCUT2D eigenvalue weighted by atomic mass is 9.99. The van der Waals surface area contributed by atoms with E-state index in [1.54, 1.807) is 6.07 Å². The van der Waals surface area contributed by atoms with Gasteiger partial charge in [0.2, 0.25) is 0 Å². The van der Waals surface area contributed by atoms with Crippen molar-refractivity contribution in [2.45, 2.75) is 78.7 Å². The first-order chi connectivity index (χ1) is 15.9. The Balaban J connectivity index is 0.000000239. The number of nitrogens with zero attached hydrogens (tertiary/aromatic N) is 1. The minimum Gasteiger partial charge on any atom is -0.441 e. The monoisotopic (exact) mass is 452 g/mol. The van der Waals surface area contributed by atoms with Gasteiger partial charge in [-0.2, -0.15) is 0 Å². The van der Waals surface area contributed by atoms with Gasteiger partial charge in [0.05, 0.1) is 6.10 Å². The number of oxazole rings is 1. The maximum atomic E-state index is 13.3. The number of aromatic amines is 1. The van der Waals surface area contributed by atoms with Crippen LogP contribution in [-0.2, 0) is 6.42 Å². The number of aliphatic hydroxyl groups excluding tert-OH is 1. The number of aromatic nitrogens is 2. The topological polar surface area (TPSA) is 62.1 Å². The van der Waals surface area contributed by atoms with Crippen molar-refractivity contribution >= 4 is 22.0 Å². The molecule has 4 nitrogen and oxygen atoms in total. The number of benzene rings is 2. The lowest BCUT2D eigenvalue weighted by Gasteiger charge is -2.12. The molecule has 5 heteroatoms. The standard InChI is InChI=1S/C18H15FN2O.C10H22O/c1-2-3-18-21-15-7-4-11(8-17(15)22-18)14-10-20-16-9-12(19)5-6-13(14)16;1-4-6-10(11)8-7-9(3)5-2/h4-10,20H,2-3H2,1H3;9-11H,4-8H2,1-3H3. The first kappa shape index (κ1) is 25.0. The number of aliphatic hydroxyl groups is 1. The molecule has 0 spiro atoms. The summed E-state index contributed by atoms with van der Waals surface area (Å²) in [6.07, 6.45) is 9.17. The molecule has 178 valence electrons. The molecule has 0 aliphatic rings. The van der Waals surface area contributed by atoms with Crippen LogP contribution >= 0.6 is 0 Å². The Hall–Kier alpha value is -2.66. The molecule has 0 fully saturated rings. The molecule has 2 heterocycles. The average molecular weight is 453 g/mol. The summed E-state index contributed by atoms with van der Waals surface area (Å²) in [6, 6.07) is 10.8. The highest BCUT2D eigenvalue weighted by molar-refractivity contribution is 5.97. The third-order valence-electron chi connectivity index (χ3n) is 6.16. The number of halogens is 1. The highest BCUT2D eigenvalue weighted by Crippen LogP contribution is 2.31. The summed E-state index contributed by atoms with van der Waals surface area (Å²) in [5, 5.41) is 10.4. The lowest BCUT2D eigenvalue weighted by molar-refractivity contribution is 0.145. The van der Waals surface area contributed by atoms with E-state index in [2.05, 4.69) is 37.7 Å². The Morgan fingerprint density at radius 1 is 1.03 bits per heavy atom. The molecule has 2 aromatic carbocycles. The van der Waals surface area contributed by atoms with Gasteiger partial charge in [-0.05, 0) is 67.5 Å². The lowest BCUT2D eigenvalue weighted by Crippen LogP contribution is -2.07. The molecule has 0 amide bonds. The molecule has 0 saturated carbocycles. The molecular formula is C28H37FN2O2. The molecule has 0 saturated heterocycles. The van der Waals surface area contributed by atoms with Gasteiger partial charge >= 0.3 is 0 Å². The summed E-state index contributed by atoms with van der Waals surface area (Å²) in [4.78, 5) is 7.59. The third-order valence-corrected chi connectivity index (χ3v) is 6.16. The first-order valence-electron chi connectivity index (χ1n) is 12.3. The number of rotatable bonds is 9. The van der Waals surface area contributed by atoms with Gasteiger partial charge in [-0.25, -0.2) is 9.37 Å². The zero-order valence-electron chi connectivity index (χ0n) is 20.3. The molecule has 33 heavy (non-hydrogen) atoms. The van der Waals surface area contributed by atoms with E-state index in [9.17, 15) is 9.50 Å². The summed E-state index contributed by atoms with van der Waals surface area (Å²) >= 11 is 0. The smallest absolute Gasteiger partial charge is 0.195 e. The second-order valence-electron chi connectivity index (χ2n) is 8.97. The second kappa shape index (κ2) is 12.0. The third kappa shape index (κ3) is 6.67. The molecule has 0 radical (unpaired) electrons. The molecule has 0 aliphatic heterocycles. The van der Waals surface area contributed by atoms with Gasteiger partial charge < -0.3 is 14.5 Å². The van der Waals surface area contributed by atoms with Crippen LogP contribution in [0.2, 0.25) is 0 Å². The van der Waals surface area contributed by atoms with Crippen molar-refractivity contribution in [3.05, 3.63) is 54.3 Å². The Morgan fingerprint density at radius 2 is 1.85 bits per heavy atom. The SMILES string of the molecule is CCCC(O)CCC(C)CC.CCCc1nc2ccc(-c3c[nH]c4cc(F)ccc34)cc2o1. The van der Waals surface area contributed by atoms with Crippen molar-refractivity contribution in [2.24, 2.45) is 5.92 Å². The van der Waals surface area contributed by atoms with Crippen LogP contribution in [0.25, 0.3) is 33.1 Å². The molecule has 0 bridgehead atoms. The fourth-order valence-electron chi connectivity index (χ4n) is 3.96. The van der Waals surface area contributed by atoms with Crippen molar-refractivity contribution < 1.29 is 13.9 Å². The van der Waals surface area contributed by atoms with E-state index in [0.717, 1.165) is 77.0 Å². The van der Waals surface area contributed by atoms with E-state index >= 15 is 0 Å². The maximum Gasteiger partial charge on any atom is 0.195 e. The Kier molecular flexibility index (Phi) is 9.07. The van der Waals surface area contributed by atoms with E-state index in [0.29, 0.717) is 0 Å². The van der Waals surface area contributed by atoms with Crippen LogP contribution < -0.4 is 0 Å². The van der Waals surface area contributed by atoms with Crippen LogP contribution in [0, 0.1) is 11.7 Å². The Morgan fingerprint density at radius 3 is 2.58 bits per heavy atom. The van der Waals surface area contributed by atoms with Crippen LogP contribution in [0.15, 0.2) is 47.0 Å². The molecule has 0 aliphatic carbocycles. The normalized spacial score (nSPS) is 13.2.